The van der Waals surface area contributed by atoms with Gasteiger partial charge in [-0.3, -0.25) is 18.6 Å². The summed E-state index contributed by atoms with van der Waals surface area (Å²) in [6.07, 6.45) is 94.3. The van der Waals surface area contributed by atoms with Gasteiger partial charge in [-0.05, 0) is 109 Å². The average Bonchev–Trinajstić information content (AvgIpc) is 3.12. The van der Waals surface area contributed by atoms with Crippen molar-refractivity contribution in [3.8, 4) is 0 Å². The molecule has 0 saturated heterocycles. The van der Waals surface area contributed by atoms with Gasteiger partial charge < -0.3 is 19.4 Å². The standard InChI is InChI=1S/C80H145N2O7P/c1-7-10-13-16-19-22-25-28-30-32-34-36-38-40-41-43-45-47-49-51-53-55-58-61-64-67-70-73-80(84)89-78(71-68-65-62-59-56-27-24-21-18-15-12-9-3)77(76-88-90(85,86)87-75-74-82(4,5)6)81-79(83)72-69-66-63-60-57-54-52-50-48-46-44-42-39-37-35-33-31-29-26-23-20-17-14-11-8-2/h10,13,19,22,28-31,34,36,40-41,45,47,68,71,77-78H,7-9,11-12,14-18,20-21,23-27,32-33,35,37-39,42-44,46,48-67,69-70,72-76H2,1-6H3,(H-,81,83,85,86)/p+1/b13-10-,22-19-,30-28-,31-29+,36-34-,41-40-,47-45-,71-68+. The van der Waals surface area contributed by atoms with Crippen molar-refractivity contribution in [3.63, 3.8) is 0 Å². The Morgan fingerprint density at radius 2 is 0.711 bits per heavy atom. The summed E-state index contributed by atoms with van der Waals surface area (Å²) in [6.45, 7) is 6.93. The summed E-state index contributed by atoms with van der Waals surface area (Å²) in [7, 11) is 1.49. The van der Waals surface area contributed by atoms with Crippen LogP contribution in [0, 0.1) is 0 Å². The number of carbonyl (C=O) groups excluding carboxylic acids is 2. The fourth-order valence-electron chi connectivity index (χ4n) is 10.9. The quantitative estimate of drug-likeness (QED) is 0.0205. The van der Waals surface area contributed by atoms with Gasteiger partial charge in [-0.2, -0.15) is 0 Å². The van der Waals surface area contributed by atoms with Crippen LogP contribution in [-0.2, 0) is 27.9 Å². The number of esters is 1. The van der Waals surface area contributed by atoms with Crippen LogP contribution in [0.5, 0.6) is 0 Å². The van der Waals surface area contributed by atoms with Gasteiger partial charge in [0.1, 0.15) is 19.3 Å². The summed E-state index contributed by atoms with van der Waals surface area (Å²) in [6, 6.07) is -0.857. The number of phosphoric ester groups is 1. The summed E-state index contributed by atoms with van der Waals surface area (Å²) < 4.78 is 30.9. The first-order chi connectivity index (χ1) is 43.9. The molecule has 0 aliphatic carbocycles. The lowest BCUT2D eigenvalue weighted by Crippen LogP contribution is -2.47. The molecule has 2 N–H and O–H groups in total. The third kappa shape index (κ3) is 69.3. The molecule has 0 aliphatic heterocycles. The van der Waals surface area contributed by atoms with Crippen LogP contribution in [0.4, 0.5) is 0 Å². The Labute approximate surface area is 558 Å². The van der Waals surface area contributed by atoms with E-state index in [9.17, 15) is 19.0 Å². The van der Waals surface area contributed by atoms with Crippen LogP contribution in [0.15, 0.2) is 97.2 Å². The van der Waals surface area contributed by atoms with E-state index in [-0.39, 0.29) is 31.5 Å². The largest absolute Gasteiger partial charge is 0.472 e. The van der Waals surface area contributed by atoms with E-state index in [4.69, 9.17) is 13.8 Å². The van der Waals surface area contributed by atoms with E-state index < -0.39 is 20.0 Å². The molecule has 0 aliphatic rings. The molecule has 0 aromatic carbocycles. The zero-order valence-corrected chi connectivity index (χ0v) is 60.8. The monoisotopic (exact) mass is 1280 g/mol. The maximum atomic E-state index is 13.7. The highest BCUT2D eigenvalue weighted by atomic mass is 31.2. The van der Waals surface area contributed by atoms with Gasteiger partial charge in [0.2, 0.25) is 5.91 Å². The van der Waals surface area contributed by atoms with Crippen molar-refractivity contribution in [1.29, 1.82) is 0 Å². The smallest absolute Gasteiger partial charge is 0.456 e. The SMILES string of the molecule is CC/C=C\C/C=C\C/C=C\C/C=C\C/C=C\C/C=C\CCCCCCCCCCC(=O)OC(/C=C/CCCCCCCCCCCC)C(COP(=O)(O)OCC[N+](C)(C)C)NC(=O)CCCCCCCCCCCCCCCCC/C=C/CCCCCCCC. The zero-order chi connectivity index (χ0) is 65.6. The molecule has 0 radical (unpaired) electrons. The Balaban J connectivity index is 5.01. The zero-order valence-electron chi connectivity index (χ0n) is 59.9. The van der Waals surface area contributed by atoms with E-state index in [1.165, 1.54) is 205 Å². The summed E-state index contributed by atoms with van der Waals surface area (Å²) >= 11 is 0. The second-order valence-corrected chi connectivity index (χ2v) is 28.2. The number of amides is 1. The molecule has 0 spiro atoms. The molecule has 0 rings (SSSR count). The van der Waals surface area contributed by atoms with Crippen molar-refractivity contribution in [2.45, 2.75) is 360 Å². The minimum absolute atomic E-state index is 0.0364. The number of nitrogens with zero attached hydrogens (tertiary/aromatic N) is 1. The normalized spacial score (nSPS) is 14.0. The van der Waals surface area contributed by atoms with Crippen molar-refractivity contribution < 1.29 is 37.3 Å². The van der Waals surface area contributed by atoms with Gasteiger partial charge in [0, 0.05) is 12.8 Å². The van der Waals surface area contributed by atoms with Gasteiger partial charge >= 0.3 is 13.8 Å². The van der Waals surface area contributed by atoms with Crippen molar-refractivity contribution in [1.82, 2.24) is 5.32 Å². The van der Waals surface area contributed by atoms with E-state index in [0.29, 0.717) is 17.4 Å². The Bertz CT molecular complexity index is 1860. The number of hydrogen-bond acceptors (Lipinski definition) is 6. The van der Waals surface area contributed by atoms with Crippen LogP contribution in [0.1, 0.15) is 348 Å². The van der Waals surface area contributed by atoms with E-state index in [0.717, 1.165) is 109 Å². The Kier molecular flexibility index (Phi) is 66.4. The highest BCUT2D eigenvalue weighted by Crippen LogP contribution is 2.43. The van der Waals surface area contributed by atoms with Crippen LogP contribution in [0.3, 0.4) is 0 Å². The van der Waals surface area contributed by atoms with Gasteiger partial charge in [-0.25, -0.2) is 4.57 Å². The lowest BCUT2D eigenvalue weighted by molar-refractivity contribution is -0.870. The number of rotatable bonds is 69. The maximum Gasteiger partial charge on any atom is 0.472 e. The molecule has 0 aromatic heterocycles. The van der Waals surface area contributed by atoms with E-state index in [1.54, 1.807) is 0 Å². The molecule has 0 aromatic rings. The number of unbranched alkanes of at least 4 members (excludes halogenated alkanes) is 39. The van der Waals surface area contributed by atoms with Gasteiger partial charge in [0.15, 0.2) is 0 Å². The van der Waals surface area contributed by atoms with E-state index >= 15 is 0 Å². The fourth-order valence-corrected chi connectivity index (χ4v) is 11.7. The summed E-state index contributed by atoms with van der Waals surface area (Å²) in [5, 5.41) is 3.08. The van der Waals surface area contributed by atoms with Crippen LogP contribution in [0.2, 0.25) is 0 Å². The van der Waals surface area contributed by atoms with Gasteiger partial charge in [-0.15, -0.1) is 0 Å². The van der Waals surface area contributed by atoms with Gasteiger partial charge in [-0.1, -0.05) is 324 Å². The first-order valence-corrected chi connectivity index (χ1v) is 39.6. The number of quaternary nitrogens is 1. The molecular formula is C80H146N2O7P+. The second-order valence-electron chi connectivity index (χ2n) is 26.8. The van der Waals surface area contributed by atoms with Crippen LogP contribution >= 0.6 is 7.82 Å². The lowest BCUT2D eigenvalue weighted by Gasteiger charge is -2.27. The molecule has 0 bridgehead atoms. The molecule has 90 heavy (non-hydrogen) atoms. The summed E-state index contributed by atoms with van der Waals surface area (Å²) in [4.78, 5) is 38.0. The van der Waals surface area contributed by atoms with Crippen molar-refractivity contribution in [3.05, 3.63) is 97.2 Å². The van der Waals surface area contributed by atoms with Crippen LogP contribution in [0.25, 0.3) is 0 Å². The minimum atomic E-state index is -4.46. The van der Waals surface area contributed by atoms with Crippen molar-refractivity contribution in [2.75, 3.05) is 40.9 Å². The number of nitrogens with one attached hydrogen (secondary N) is 1. The third-order valence-electron chi connectivity index (χ3n) is 16.8. The number of phosphoric acid groups is 1. The molecule has 9 nitrogen and oxygen atoms in total. The number of carbonyl (C=O) groups is 2. The minimum Gasteiger partial charge on any atom is -0.456 e. The first kappa shape index (κ1) is 86.9. The van der Waals surface area contributed by atoms with Gasteiger partial charge in [0.05, 0.1) is 33.8 Å². The lowest BCUT2D eigenvalue weighted by atomic mass is 10.0. The average molecular weight is 1280 g/mol. The molecule has 522 valence electrons. The molecule has 0 saturated carbocycles. The molecular weight excluding hydrogens is 1130 g/mol. The Morgan fingerprint density at radius 3 is 1.08 bits per heavy atom. The van der Waals surface area contributed by atoms with Gasteiger partial charge in [0.25, 0.3) is 0 Å². The molecule has 3 unspecified atom stereocenters. The molecule has 1 amide bonds. The molecule has 0 heterocycles. The number of likely N-dealkylation sites (N-methyl/N-ethyl adjacent to an activating group) is 1. The van der Waals surface area contributed by atoms with Crippen LogP contribution < -0.4 is 5.32 Å². The molecule has 0 fully saturated rings. The van der Waals surface area contributed by atoms with E-state index in [1.807, 2.05) is 33.3 Å². The van der Waals surface area contributed by atoms with Crippen LogP contribution in [-0.4, -0.2) is 74.3 Å². The predicted molar refractivity (Wildman–Crippen MR) is 392 cm³/mol. The molecule has 10 heteroatoms. The number of allylic oxidation sites excluding steroid dienone is 15. The highest BCUT2D eigenvalue weighted by molar-refractivity contribution is 7.47. The highest BCUT2D eigenvalue weighted by Gasteiger charge is 2.30. The first-order valence-electron chi connectivity index (χ1n) is 38.1. The van der Waals surface area contributed by atoms with Crippen molar-refractivity contribution >= 4 is 19.7 Å². The predicted octanol–water partition coefficient (Wildman–Crippen LogP) is 24.6. The maximum absolute atomic E-state index is 13.7. The topological polar surface area (TPSA) is 111 Å². The number of ether oxygens (including phenoxy) is 1. The summed E-state index contributed by atoms with van der Waals surface area (Å²) in [5.41, 5.74) is 0. The molecule has 3 atom stereocenters. The fraction of sp³-hybridized carbons (Fsp3) is 0.775. The number of hydrogen-bond donors (Lipinski definition) is 2. The summed E-state index contributed by atoms with van der Waals surface area (Å²) in [5.74, 6) is -0.506. The third-order valence-corrected chi connectivity index (χ3v) is 17.7. The Morgan fingerprint density at radius 1 is 0.400 bits per heavy atom. The Hall–Kier alpha value is -3.07. The van der Waals surface area contributed by atoms with Crippen molar-refractivity contribution in [2.24, 2.45) is 0 Å². The second kappa shape index (κ2) is 68.8. The van der Waals surface area contributed by atoms with E-state index in [2.05, 4.69) is 111 Å².